The first-order valence-corrected chi connectivity index (χ1v) is 7.79. The lowest BCUT2D eigenvalue weighted by atomic mass is 9.92. The van der Waals surface area contributed by atoms with Gasteiger partial charge in [-0.25, -0.2) is 4.79 Å². The second-order valence-corrected chi connectivity index (χ2v) is 6.61. The molecule has 0 fully saturated rings. The first-order chi connectivity index (χ1) is 9.58. The molecule has 2 N–H and O–H groups in total. The number of hydrogen-bond acceptors (Lipinski definition) is 6. The van der Waals surface area contributed by atoms with E-state index in [0.717, 1.165) is 14.9 Å². The van der Waals surface area contributed by atoms with Crippen molar-refractivity contribution >= 4 is 29.1 Å². The second kappa shape index (κ2) is 6.34. The Hall–Kier alpha value is -1.44. The van der Waals surface area contributed by atoms with Crippen molar-refractivity contribution in [3.63, 3.8) is 0 Å². The summed E-state index contributed by atoms with van der Waals surface area (Å²) in [7, 11) is 1.66. The van der Waals surface area contributed by atoms with Crippen molar-refractivity contribution in [3.8, 4) is 0 Å². The molecule has 2 aromatic rings. The molecule has 7 heteroatoms. The number of rotatable bonds is 6. The monoisotopic (exact) mass is 309 g/mol. The lowest BCUT2D eigenvalue weighted by Gasteiger charge is -2.28. The normalized spacial score (nSPS) is 13.9. The predicted molar refractivity (Wildman–Crippen MR) is 80.2 cm³/mol. The van der Waals surface area contributed by atoms with Crippen LogP contribution >= 0.6 is 23.1 Å². The fourth-order valence-electron chi connectivity index (χ4n) is 1.82. The molecule has 1 atom stereocenters. The van der Waals surface area contributed by atoms with Crippen LogP contribution in [0.4, 0.5) is 0 Å². The Labute approximate surface area is 125 Å². The number of aryl methyl sites for hydroxylation is 1. The van der Waals surface area contributed by atoms with E-state index in [9.17, 15) is 9.90 Å². The van der Waals surface area contributed by atoms with Gasteiger partial charge in [0.2, 0.25) is 0 Å². The summed E-state index contributed by atoms with van der Waals surface area (Å²) < 4.78 is 0.777. The van der Waals surface area contributed by atoms with Gasteiger partial charge >= 0.3 is 5.97 Å². The Morgan fingerprint density at radius 1 is 1.40 bits per heavy atom. The van der Waals surface area contributed by atoms with Crippen LogP contribution in [0.25, 0.3) is 0 Å². The van der Waals surface area contributed by atoms with Crippen LogP contribution in [-0.4, -0.2) is 34.1 Å². The number of aromatic nitrogens is 2. The summed E-state index contributed by atoms with van der Waals surface area (Å²) in [5.41, 5.74) is -0.408. The zero-order valence-electron chi connectivity index (χ0n) is 11.2. The zero-order valence-corrected chi connectivity index (χ0v) is 12.8. The summed E-state index contributed by atoms with van der Waals surface area (Å²) in [4.78, 5) is 11.8. The zero-order chi connectivity index (χ0) is 14.6. The number of aliphatic carboxylic acids is 1. The van der Waals surface area contributed by atoms with Crippen LogP contribution < -0.4 is 5.32 Å². The van der Waals surface area contributed by atoms with Gasteiger partial charge in [0.1, 0.15) is 5.01 Å². The standard InChI is InChI=1S/C13H15N3O2S2/c1-9-15-16-12(20-9)19-8-13(14-2,11(17)18)10-6-4-3-5-7-10/h3-7,14H,8H2,1-2H3,(H,17,18). The molecule has 0 amide bonds. The molecule has 1 aromatic carbocycles. The molecule has 0 saturated heterocycles. The molecule has 0 bridgehead atoms. The molecule has 0 aliphatic heterocycles. The highest BCUT2D eigenvalue weighted by Crippen LogP contribution is 2.31. The molecular formula is C13H15N3O2S2. The highest BCUT2D eigenvalue weighted by molar-refractivity contribution is 8.01. The topological polar surface area (TPSA) is 75.1 Å². The van der Waals surface area contributed by atoms with E-state index in [4.69, 9.17) is 0 Å². The second-order valence-electron chi connectivity index (χ2n) is 4.20. The minimum Gasteiger partial charge on any atom is -0.480 e. The van der Waals surface area contributed by atoms with E-state index in [1.165, 1.54) is 23.1 Å². The van der Waals surface area contributed by atoms with Crippen molar-refractivity contribution in [2.75, 3.05) is 12.8 Å². The Morgan fingerprint density at radius 2 is 2.10 bits per heavy atom. The van der Waals surface area contributed by atoms with Crippen LogP contribution in [0.5, 0.6) is 0 Å². The molecule has 5 nitrogen and oxygen atoms in total. The fourth-order valence-corrected chi connectivity index (χ4v) is 3.88. The van der Waals surface area contributed by atoms with E-state index in [-0.39, 0.29) is 0 Å². The summed E-state index contributed by atoms with van der Waals surface area (Å²) in [5.74, 6) is -0.558. The lowest BCUT2D eigenvalue weighted by molar-refractivity contribution is -0.144. The molecule has 0 radical (unpaired) electrons. The third-order valence-corrected chi connectivity index (χ3v) is 5.12. The number of likely N-dealkylation sites (N-methyl/N-ethyl adjacent to an activating group) is 1. The van der Waals surface area contributed by atoms with Gasteiger partial charge in [-0.3, -0.25) is 0 Å². The molecular weight excluding hydrogens is 294 g/mol. The lowest BCUT2D eigenvalue weighted by Crippen LogP contribution is -2.49. The summed E-state index contributed by atoms with van der Waals surface area (Å²) >= 11 is 2.86. The molecule has 1 heterocycles. The van der Waals surface area contributed by atoms with Gasteiger partial charge in [0.05, 0.1) is 0 Å². The smallest absolute Gasteiger partial charge is 0.329 e. The van der Waals surface area contributed by atoms with Crippen LogP contribution in [0.1, 0.15) is 10.6 Å². The maximum Gasteiger partial charge on any atom is 0.329 e. The number of hydrogen-bond donors (Lipinski definition) is 2. The minimum atomic E-state index is -1.13. The van der Waals surface area contributed by atoms with E-state index >= 15 is 0 Å². The van der Waals surface area contributed by atoms with Gasteiger partial charge in [0, 0.05) is 5.75 Å². The molecule has 106 valence electrons. The van der Waals surface area contributed by atoms with Crippen molar-refractivity contribution in [3.05, 3.63) is 40.9 Å². The molecule has 1 aromatic heterocycles. The van der Waals surface area contributed by atoms with Gasteiger partial charge < -0.3 is 10.4 Å². The number of nitrogens with one attached hydrogen (secondary N) is 1. The van der Waals surface area contributed by atoms with Crippen LogP contribution in [0.3, 0.4) is 0 Å². The van der Waals surface area contributed by atoms with E-state index < -0.39 is 11.5 Å². The van der Waals surface area contributed by atoms with E-state index in [0.29, 0.717) is 5.75 Å². The highest BCUT2D eigenvalue weighted by Gasteiger charge is 2.39. The summed E-state index contributed by atoms with van der Waals surface area (Å²) in [6.07, 6.45) is 0. The number of thioether (sulfide) groups is 1. The highest BCUT2D eigenvalue weighted by atomic mass is 32.2. The summed E-state index contributed by atoms with van der Waals surface area (Å²) in [6, 6.07) is 9.17. The average molecular weight is 309 g/mol. The molecule has 20 heavy (non-hydrogen) atoms. The number of carbonyl (C=O) groups is 1. The number of carboxylic acid groups (broad SMARTS) is 1. The van der Waals surface area contributed by atoms with Gasteiger partial charge in [0.25, 0.3) is 0 Å². The molecule has 0 aliphatic rings. The quantitative estimate of drug-likeness (QED) is 0.796. The Balaban J connectivity index is 2.26. The average Bonchev–Trinajstić information content (AvgIpc) is 2.87. The van der Waals surface area contributed by atoms with Crippen LogP contribution in [0.15, 0.2) is 34.7 Å². The Morgan fingerprint density at radius 3 is 2.60 bits per heavy atom. The van der Waals surface area contributed by atoms with Crippen molar-refractivity contribution in [1.29, 1.82) is 0 Å². The molecule has 1 unspecified atom stereocenters. The summed E-state index contributed by atoms with van der Waals surface area (Å²) in [6.45, 7) is 1.88. The maximum absolute atomic E-state index is 11.8. The van der Waals surface area contributed by atoms with Crippen LogP contribution in [0.2, 0.25) is 0 Å². The van der Waals surface area contributed by atoms with Crippen molar-refractivity contribution in [1.82, 2.24) is 15.5 Å². The predicted octanol–water partition coefficient (Wildman–Crippen LogP) is 2.14. The van der Waals surface area contributed by atoms with Crippen LogP contribution in [-0.2, 0) is 10.3 Å². The van der Waals surface area contributed by atoms with Gasteiger partial charge in [-0.05, 0) is 19.5 Å². The molecule has 0 spiro atoms. The first kappa shape index (κ1) is 15.0. The van der Waals surface area contributed by atoms with Crippen LogP contribution in [0, 0.1) is 6.92 Å². The Bertz CT molecular complexity index is 588. The van der Waals surface area contributed by atoms with E-state index in [1.807, 2.05) is 37.3 Å². The minimum absolute atomic E-state index is 0.345. The van der Waals surface area contributed by atoms with Gasteiger partial charge in [0.15, 0.2) is 9.88 Å². The Kier molecular flexibility index (Phi) is 4.74. The van der Waals surface area contributed by atoms with Crippen molar-refractivity contribution < 1.29 is 9.90 Å². The van der Waals surface area contributed by atoms with Crippen molar-refractivity contribution in [2.45, 2.75) is 16.8 Å². The molecule has 0 saturated carbocycles. The van der Waals surface area contributed by atoms with Gasteiger partial charge in [-0.15, -0.1) is 10.2 Å². The third-order valence-electron chi connectivity index (χ3n) is 2.98. The van der Waals surface area contributed by atoms with Crippen molar-refractivity contribution in [2.24, 2.45) is 0 Å². The fraction of sp³-hybridized carbons (Fsp3) is 0.308. The number of nitrogens with zero attached hydrogens (tertiary/aromatic N) is 2. The van der Waals surface area contributed by atoms with Gasteiger partial charge in [-0.2, -0.15) is 0 Å². The summed E-state index contributed by atoms with van der Waals surface area (Å²) in [5, 5.41) is 21.4. The van der Waals surface area contributed by atoms with Gasteiger partial charge in [-0.1, -0.05) is 53.4 Å². The first-order valence-electron chi connectivity index (χ1n) is 5.99. The maximum atomic E-state index is 11.8. The SMILES string of the molecule is CNC(CSc1nnc(C)s1)(C(=O)O)c1ccccc1. The largest absolute Gasteiger partial charge is 0.480 e. The molecule has 2 rings (SSSR count). The van der Waals surface area contributed by atoms with E-state index in [1.54, 1.807) is 7.05 Å². The molecule has 0 aliphatic carbocycles. The van der Waals surface area contributed by atoms with E-state index in [2.05, 4.69) is 15.5 Å². The number of carboxylic acids is 1. The number of benzene rings is 1. The third kappa shape index (κ3) is 3.00.